The summed E-state index contributed by atoms with van der Waals surface area (Å²) in [6, 6.07) is 8.26. The minimum Gasteiger partial charge on any atom is -0.396 e. The van der Waals surface area contributed by atoms with Gasteiger partial charge in [-0.25, -0.2) is 0 Å². The number of hydrogen-bond donors (Lipinski definition) is 1. The number of hydrogen-bond acceptors (Lipinski definition) is 3. The maximum Gasteiger partial charge on any atom is 0.103 e. The van der Waals surface area contributed by atoms with E-state index in [0.717, 1.165) is 16.7 Å². The molecule has 1 aromatic rings. The van der Waals surface area contributed by atoms with Crippen LogP contribution in [-0.4, -0.2) is 24.3 Å². The zero-order valence-corrected chi connectivity index (χ0v) is 11.7. The molecular formula is C13H17BrN2O. The number of anilines is 1. The quantitative estimate of drug-likeness (QED) is 0.909. The highest BCUT2D eigenvalue weighted by Gasteiger charge is 2.15. The molecule has 17 heavy (non-hydrogen) atoms. The summed E-state index contributed by atoms with van der Waals surface area (Å²) in [4.78, 5) is 2.14. The van der Waals surface area contributed by atoms with Crippen molar-refractivity contribution in [2.45, 2.75) is 26.3 Å². The Bertz CT molecular complexity index is 412. The lowest BCUT2D eigenvalue weighted by molar-refractivity contribution is 0.288. The van der Waals surface area contributed by atoms with E-state index in [2.05, 4.69) is 40.7 Å². The summed E-state index contributed by atoms with van der Waals surface area (Å²) >= 11 is 3.39. The molecule has 0 radical (unpaired) electrons. The van der Waals surface area contributed by atoms with Crippen LogP contribution in [0, 0.1) is 11.3 Å². The summed E-state index contributed by atoms with van der Waals surface area (Å²) in [6.07, 6.45) is 0.704. The molecule has 1 rings (SSSR count). The van der Waals surface area contributed by atoms with E-state index in [4.69, 9.17) is 5.11 Å². The third-order valence-electron chi connectivity index (χ3n) is 2.59. The first-order valence-electron chi connectivity index (χ1n) is 5.68. The second-order valence-electron chi connectivity index (χ2n) is 4.11. The average Bonchev–Trinajstić information content (AvgIpc) is 2.29. The van der Waals surface area contributed by atoms with Gasteiger partial charge in [0.15, 0.2) is 0 Å². The first kappa shape index (κ1) is 14.0. The number of nitrogens with zero attached hydrogens (tertiary/aromatic N) is 2. The number of aliphatic hydroxyl groups excluding tert-OH is 1. The van der Waals surface area contributed by atoms with Crippen molar-refractivity contribution in [3.8, 4) is 6.07 Å². The summed E-state index contributed by atoms with van der Waals surface area (Å²) in [6.45, 7) is 5.08. The van der Waals surface area contributed by atoms with E-state index in [9.17, 15) is 5.26 Å². The van der Waals surface area contributed by atoms with Gasteiger partial charge >= 0.3 is 0 Å². The Labute approximate surface area is 111 Å². The third-order valence-corrected chi connectivity index (χ3v) is 3.25. The molecule has 0 aliphatic carbocycles. The van der Waals surface area contributed by atoms with E-state index in [1.54, 1.807) is 0 Å². The van der Waals surface area contributed by atoms with Gasteiger partial charge in [0.25, 0.3) is 0 Å². The number of benzene rings is 1. The van der Waals surface area contributed by atoms with Gasteiger partial charge in [0.2, 0.25) is 0 Å². The van der Waals surface area contributed by atoms with Crippen LogP contribution in [0.1, 0.15) is 25.8 Å². The maximum absolute atomic E-state index is 9.20. The highest BCUT2D eigenvalue weighted by atomic mass is 79.9. The van der Waals surface area contributed by atoms with Gasteiger partial charge in [-0.05, 0) is 48.3 Å². The van der Waals surface area contributed by atoms with E-state index in [1.165, 1.54) is 0 Å². The molecule has 0 spiro atoms. The fourth-order valence-electron chi connectivity index (χ4n) is 1.76. The second-order valence-corrected chi connectivity index (χ2v) is 4.96. The minimum atomic E-state index is 0.166. The molecule has 0 amide bonds. The molecule has 1 N–H and O–H groups in total. The van der Waals surface area contributed by atoms with Gasteiger partial charge in [-0.15, -0.1) is 0 Å². The molecule has 0 unspecified atom stereocenters. The normalized spacial score (nSPS) is 10.4. The number of aliphatic hydroxyl groups is 1. The third kappa shape index (κ3) is 3.45. The Balaban J connectivity index is 3.10. The van der Waals surface area contributed by atoms with Crippen LogP contribution in [0.3, 0.4) is 0 Å². The predicted molar refractivity (Wildman–Crippen MR) is 73.0 cm³/mol. The summed E-state index contributed by atoms with van der Waals surface area (Å²) in [7, 11) is 0. The molecule has 0 saturated heterocycles. The molecule has 4 heteroatoms. The van der Waals surface area contributed by atoms with E-state index in [1.807, 2.05) is 18.2 Å². The van der Waals surface area contributed by atoms with Gasteiger partial charge < -0.3 is 10.0 Å². The van der Waals surface area contributed by atoms with Crippen molar-refractivity contribution in [2.24, 2.45) is 0 Å². The van der Waals surface area contributed by atoms with Gasteiger partial charge in [0.05, 0.1) is 11.3 Å². The van der Waals surface area contributed by atoms with Gasteiger partial charge in [0.1, 0.15) is 6.07 Å². The molecule has 0 atom stereocenters. The molecule has 0 bridgehead atoms. The average molecular weight is 297 g/mol. The van der Waals surface area contributed by atoms with Crippen molar-refractivity contribution in [1.29, 1.82) is 5.26 Å². The van der Waals surface area contributed by atoms with Crippen molar-refractivity contribution in [3.63, 3.8) is 0 Å². The van der Waals surface area contributed by atoms with Crippen LogP contribution >= 0.6 is 15.9 Å². The first-order valence-corrected chi connectivity index (χ1v) is 6.47. The van der Waals surface area contributed by atoms with Crippen LogP contribution < -0.4 is 4.90 Å². The Morgan fingerprint density at radius 2 is 2.18 bits per heavy atom. The summed E-state index contributed by atoms with van der Waals surface area (Å²) in [5.41, 5.74) is 1.57. The zero-order valence-electron chi connectivity index (χ0n) is 10.2. The molecular weight excluding hydrogens is 280 g/mol. The lowest BCUT2D eigenvalue weighted by Crippen LogP contribution is -2.32. The smallest absolute Gasteiger partial charge is 0.103 e. The Kier molecular flexibility index (Phi) is 5.46. The molecule has 0 aliphatic rings. The SMILES string of the molecule is CC(C)N(CCCO)c1cccc(Br)c1C#N. The summed E-state index contributed by atoms with van der Waals surface area (Å²) in [5, 5.41) is 18.1. The number of rotatable bonds is 5. The largest absolute Gasteiger partial charge is 0.396 e. The maximum atomic E-state index is 9.20. The number of nitriles is 1. The highest BCUT2D eigenvalue weighted by molar-refractivity contribution is 9.10. The van der Waals surface area contributed by atoms with Crippen LogP contribution in [-0.2, 0) is 0 Å². The fourth-order valence-corrected chi connectivity index (χ4v) is 2.21. The van der Waals surface area contributed by atoms with Crippen LogP contribution in [0.5, 0.6) is 0 Å². The summed E-state index contributed by atoms with van der Waals surface area (Å²) < 4.78 is 0.812. The van der Waals surface area contributed by atoms with Crippen LogP contribution in [0.15, 0.2) is 22.7 Å². The van der Waals surface area contributed by atoms with Crippen LogP contribution in [0.2, 0.25) is 0 Å². The van der Waals surface area contributed by atoms with E-state index >= 15 is 0 Å². The minimum absolute atomic E-state index is 0.166. The second kappa shape index (κ2) is 6.63. The Morgan fingerprint density at radius 1 is 1.47 bits per heavy atom. The van der Waals surface area contributed by atoms with Crippen molar-refractivity contribution >= 4 is 21.6 Å². The van der Waals surface area contributed by atoms with E-state index in [-0.39, 0.29) is 6.61 Å². The van der Waals surface area contributed by atoms with Crippen molar-refractivity contribution in [3.05, 3.63) is 28.2 Å². The van der Waals surface area contributed by atoms with Crippen molar-refractivity contribution in [1.82, 2.24) is 0 Å². The Hall–Kier alpha value is -1.05. The summed E-state index contributed by atoms with van der Waals surface area (Å²) in [5.74, 6) is 0. The zero-order chi connectivity index (χ0) is 12.8. The van der Waals surface area contributed by atoms with Crippen LogP contribution in [0.4, 0.5) is 5.69 Å². The monoisotopic (exact) mass is 296 g/mol. The van der Waals surface area contributed by atoms with Gasteiger partial charge in [0, 0.05) is 23.7 Å². The topological polar surface area (TPSA) is 47.3 Å². The molecule has 0 saturated carbocycles. The fraction of sp³-hybridized carbons (Fsp3) is 0.462. The van der Waals surface area contributed by atoms with E-state index in [0.29, 0.717) is 18.0 Å². The number of halogens is 1. The molecule has 0 aromatic heterocycles. The van der Waals surface area contributed by atoms with Crippen molar-refractivity contribution < 1.29 is 5.11 Å². The standard InChI is InChI=1S/C13H17BrN2O/c1-10(2)16(7-4-8-17)13-6-3-5-12(14)11(13)9-15/h3,5-6,10,17H,4,7-8H2,1-2H3. The molecule has 0 heterocycles. The highest BCUT2D eigenvalue weighted by Crippen LogP contribution is 2.28. The van der Waals surface area contributed by atoms with Gasteiger partial charge in [-0.2, -0.15) is 5.26 Å². The van der Waals surface area contributed by atoms with E-state index < -0.39 is 0 Å². The lowest BCUT2D eigenvalue weighted by Gasteiger charge is -2.29. The Morgan fingerprint density at radius 3 is 2.71 bits per heavy atom. The predicted octanol–water partition coefficient (Wildman–Crippen LogP) is 2.92. The molecule has 0 fully saturated rings. The molecule has 1 aromatic carbocycles. The first-order chi connectivity index (χ1) is 8.11. The lowest BCUT2D eigenvalue weighted by atomic mass is 10.1. The molecule has 92 valence electrons. The van der Waals surface area contributed by atoms with Crippen LogP contribution in [0.25, 0.3) is 0 Å². The molecule has 0 aliphatic heterocycles. The van der Waals surface area contributed by atoms with Gasteiger partial charge in [-0.1, -0.05) is 6.07 Å². The van der Waals surface area contributed by atoms with Crippen molar-refractivity contribution in [2.75, 3.05) is 18.1 Å². The van der Waals surface area contributed by atoms with Gasteiger partial charge in [-0.3, -0.25) is 0 Å². The molecule has 3 nitrogen and oxygen atoms in total.